The van der Waals surface area contributed by atoms with Gasteiger partial charge in [0.15, 0.2) is 0 Å². The predicted molar refractivity (Wildman–Crippen MR) is 87.9 cm³/mol. The maximum Gasteiger partial charge on any atom is 0.0894 e. The van der Waals surface area contributed by atoms with E-state index >= 15 is 0 Å². The Hall–Kier alpha value is -1.22. The zero-order valence-corrected chi connectivity index (χ0v) is 13.1. The van der Waals surface area contributed by atoms with Crippen molar-refractivity contribution in [2.24, 2.45) is 5.92 Å². The number of alkyl halides is 1. The van der Waals surface area contributed by atoms with Gasteiger partial charge >= 0.3 is 0 Å². The Balaban J connectivity index is 1.90. The summed E-state index contributed by atoms with van der Waals surface area (Å²) in [5, 5.41) is 0.937. The molecule has 0 unspecified atom stereocenters. The molecule has 1 aromatic heterocycles. The molecule has 3 heteroatoms. The molecule has 0 aliphatic heterocycles. The van der Waals surface area contributed by atoms with Crippen molar-refractivity contribution in [2.45, 2.75) is 32.1 Å². The third kappa shape index (κ3) is 3.09. The van der Waals surface area contributed by atoms with Gasteiger partial charge in [0.25, 0.3) is 0 Å². The fraction of sp³-hybridized carbons (Fsp3) is 0.412. The number of nitrogens with zero attached hydrogens (tertiary/aromatic N) is 2. The van der Waals surface area contributed by atoms with Gasteiger partial charge in [0.05, 0.1) is 22.9 Å². The Morgan fingerprint density at radius 3 is 2.65 bits per heavy atom. The van der Waals surface area contributed by atoms with Crippen LogP contribution in [0.4, 0.5) is 0 Å². The predicted octanol–water partition coefficient (Wildman–Crippen LogP) is 4.99. The maximum atomic E-state index is 4.70. The summed E-state index contributed by atoms with van der Waals surface area (Å²) < 4.78 is 0. The van der Waals surface area contributed by atoms with Gasteiger partial charge in [-0.3, -0.25) is 4.98 Å². The molecule has 0 radical (unpaired) electrons. The summed E-state index contributed by atoms with van der Waals surface area (Å²) in [6.45, 7) is 0. The van der Waals surface area contributed by atoms with Crippen LogP contribution in [0.2, 0.25) is 0 Å². The monoisotopic (exact) mass is 330 g/mol. The van der Waals surface area contributed by atoms with E-state index in [1.165, 1.54) is 37.7 Å². The van der Waals surface area contributed by atoms with Crippen molar-refractivity contribution in [1.82, 2.24) is 9.97 Å². The van der Waals surface area contributed by atoms with E-state index < -0.39 is 0 Å². The van der Waals surface area contributed by atoms with E-state index in [4.69, 9.17) is 4.98 Å². The zero-order chi connectivity index (χ0) is 13.8. The zero-order valence-electron chi connectivity index (χ0n) is 11.6. The van der Waals surface area contributed by atoms with Crippen molar-refractivity contribution in [1.29, 1.82) is 0 Å². The quantitative estimate of drug-likeness (QED) is 0.741. The first kappa shape index (κ1) is 13.7. The lowest BCUT2D eigenvalue weighted by atomic mass is 9.84. The first-order valence-corrected chi connectivity index (χ1v) is 8.47. The number of para-hydroxylation sites is 2. The van der Waals surface area contributed by atoms with Gasteiger partial charge in [-0.15, -0.1) is 0 Å². The molecule has 1 saturated carbocycles. The minimum atomic E-state index is 0.719. The van der Waals surface area contributed by atoms with Gasteiger partial charge in [0.1, 0.15) is 0 Å². The van der Waals surface area contributed by atoms with Gasteiger partial charge in [-0.2, -0.15) is 0 Å². The summed E-state index contributed by atoms with van der Waals surface area (Å²) in [5.41, 5.74) is 4.37. The molecular weight excluding hydrogens is 312 g/mol. The standard InChI is InChI=1S/C17H19BrN2/c18-11-14(13-6-2-1-3-7-13)10-15-12-19-16-8-4-5-9-17(16)20-15/h4-5,8-10,12-13H,1-3,6-7,11H2/b14-10-. The molecule has 3 rings (SSSR count). The smallest absolute Gasteiger partial charge is 0.0894 e. The lowest BCUT2D eigenvalue weighted by Gasteiger charge is -2.23. The minimum absolute atomic E-state index is 0.719. The number of benzene rings is 1. The highest BCUT2D eigenvalue weighted by atomic mass is 79.9. The summed E-state index contributed by atoms with van der Waals surface area (Å²) in [5.74, 6) is 0.719. The Morgan fingerprint density at radius 1 is 1.15 bits per heavy atom. The SMILES string of the molecule is BrC/C(=C/c1cnc2ccccc2n1)C1CCCCC1. The number of fused-ring (bicyclic) bond motifs is 1. The second-order valence-corrected chi connectivity index (χ2v) is 6.03. The molecule has 1 heterocycles. The number of halogens is 1. The molecule has 104 valence electrons. The molecule has 0 bridgehead atoms. The Kier molecular flexibility index (Phi) is 4.46. The highest BCUT2D eigenvalue weighted by Crippen LogP contribution is 2.31. The number of aromatic nitrogens is 2. The minimum Gasteiger partial charge on any atom is -0.252 e. The molecule has 2 aromatic rings. The maximum absolute atomic E-state index is 4.70. The molecule has 1 aliphatic rings. The van der Waals surface area contributed by atoms with Crippen molar-refractivity contribution in [3.05, 3.63) is 41.7 Å². The van der Waals surface area contributed by atoms with E-state index in [1.54, 1.807) is 0 Å². The third-order valence-electron chi connectivity index (χ3n) is 4.08. The van der Waals surface area contributed by atoms with E-state index in [0.29, 0.717) is 0 Å². The lowest BCUT2D eigenvalue weighted by molar-refractivity contribution is 0.405. The Labute approximate surface area is 128 Å². The van der Waals surface area contributed by atoms with Crippen LogP contribution in [0.5, 0.6) is 0 Å². The van der Waals surface area contributed by atoms with Crippen LogP contribution in [-0.2, 0) is 0 Å². The van der Waals surface area contributed by atoms with E-state index in [9.17, 15) is 0 Å². The van der Waals surface area contributed by atoms with Gasteiger partial charge in [0.2, 0.25) is 0 Å². The van der Waals surface area contributed by atoms with Crippen molar-refractivity contribution in [3.63, 3.8) is 0 Å². The van der Waals surface area contributed by atoms with Gasteiger partial charge < -0.3 is 0 Å². The summed E-state index contributed by atoms with van der Waals surface area (Å²) in [7, 11) is 0. The molecular formula is C17H19BrN2. The fourth-order valence-corrected chi connectivity index (χ4v) is 3.59. The van der Waals surface area contributed by atoms with Crippen LogP contribution in [0.3, 0.4) is 0 Å². The van der Waals surface area contributed by atoms with Crippen LogP contribution in [0.15, 0.2) is 36.0 Å². The third-order valence-corrected chi connectivity index (χ3v) is 4.73. The van der Waals surface area contributed by atoms with Gasteiger partial charge in [-0.25, -0.2) is 4.98 Å². The summed E-state index contributed by atoms with van der Waals surface area (Å²) in [4.78, 5) is 9.19. The molecule has 0 saturated heterocycles. The average molecular weight is 331 g/mol. The van der Waals surface area contributed by atoms with Crippen molar-refractivity contribution in [3.8, 4) is 0 Å². The average Bonchev–Trinajstić information content (AvgIpc) is 2.53. The number of hydrogen-bond acceptors (Lipinski definition) is 2. The van der Waals surface area contributed by atoms with Crippen LogP contribution >= 0.6 is 15.9 Å². The second-order valence-electron chi connectivity index (χ2n) is 5.47. The largest absolute Gasteiger partial charge is 0.252 e. The van der Waals surface area contributed by atoms with Crippen molar-refractivity contribution in [2.75, 3.05) is 5.33 Å². The first-order valence-electron chi connectivity index (χ1n) is 7.35. The number of rotatable bonds is 3. The normalized spacial score (nSPS) is 17.6. The topological polar surface area (TPSA) is 25.8 Å². The van der Waals surface area contributed by atoms with Gasteiger partial charge in [0, 0.05) is 5.33 Å². The van der Waals surface area contributed by atoms with E-state index in [2.05, 4.69) is 27.0 Å². The molecule has 2 nitrogen and oxygen atoms in total. The van der Waals surface area contributed by atoms with Gasteiger partial charge in [-0.05, 0) is 37.0 Å². The molecule has 0 atom stereocenters. The van der Waals surface area contributed by atoms with Crippen LogP contribution in [-0.4, -0.2) is 15.3 Å². The van der Waals surface area contributed by atoms with E-state index in [0.717, 1.165) is 28.0 Å². The Morgan fingerprint density at radius 2 is 1.90 bits per heavy atom. The molecule has 0 N–H and O–H groups in total. The fourth-order valence-electron chi connectivity index (χ4n) is 2.97. The second kappa shape index (κ2) is 6.49. The van der Waals surface area contributed by atoms with Crippen molar-refractivity contribution >= 4 is 33.0 Å². The summed E-state index contributed by atoms with van der Waals surface area (Å²) in [6.07, 6.45) is 10.9. The molecule has 1 aromatic carbocycles. The van der Waals surface area contributed by atoms with Crippen LogP contribution in [0.25, 0.3) is 17.1 Å². The Bertz CT molecular complexity index is 615. The summed E-state index contributed by atoms with van der Waals surface area (Å²) in [6, 6.07) is 8.03. The molecule has 20 heavy (non-hydrogen) atoms. The van der Waals surface area contributed by atoms with Crippen LogP contribution in [0, 0.1) is 5.92 Å². The number of hydrogen-bond donors (Lipinski definition) is 0. The molecule has 0 amide bonds. The van der Waals surface area contributed by atoms with Crippen molar-refractivity contribution < 1.29 is 0 Å². The van der Waals surface area contributed by atoms with Gasteiger partial charge in [-0.1, -0.05) is 52.9 Å². The highest BCUT2D eigenvalue weighted by Gasteiger charge is 2.17. The van der Waals surface area contributed by atoms with E-state index in [1.807, 2.05) is 30.5 Å². The highest BCUT2D eigenvalue weighted by molar-refractivity contribution is 9.09. The molecule has 1 aliphatic carbocycles. The van der Waals surface area contributed by atoms with E-state index in [-0.39, 0.29) is 0 Å². The molecule has 0 spiro atoms. The first-order chi connectivity index (χ1) is 9.86. The lowest BCUT2D eigenvalue weighted by Crippen LogP contribution is -2.10. The van der Waals surface area contributed by atoms with Crippen LogP contribution in [0.1, 0.15) is 37.8 Å². The summed E-state index contributed by atoms with van der Waals surface area (Å²) >= 11 is 3.64. The number of allylic oxidation sites excluding steroid dienone is 1. The van der Waals surface area contributed by atoms with Crippen LogP contribution < -0.4 is 0 Å². The molecule has 1 fully saturated rings.